The molecule has 0 unspecified atom stereocenters. The van der Waals surface area contributed by atoms with Gasteiger partial charge in [-0.15, -0.1) is 11.3 Å². The third-order valence-corrected chi connectivity index (χ3v) is 6.87. The van der Waals surface area contributed by atoms with E-state index < -0.39 is 12.0 Å². The minimum absolute atomic E-state index is 0.112. The Labute approximate surface area is 205 Å². The average Bonchev–Trinajstić information content (AvgIpc) is 3.34. The van der Waals surface area contributed by atoms with Crippen molar-refractivity contribution in [2.45, 2.75) is 44.0 Å². The molecule has 0 spiro atoms. The lowest BCUT2D eigenvalue weighted by Crippen LogP contribution is -2.43. The van der Waals surface area contributed by atoms with E-state index in [1.807, 2.05) is 23.6 Å². The van der Waals surface area contributed by atoms with Gasteiger partial charge in [0.05, 0.1) is 7.11 Å². The molecule has 9 heteroatoms. The first-order valence-corrected chi connectivity index (χ1v) is 12.4. The van der Waals surface area contributed by atoms with E-state index >= 15 is 0 Å². The highest BCUT2D eigenvalue weighted by molar-refractivity contribution is 8.13. The summed E-state index contributed by atoms with van der Waals surface area (Å²) in [5.41, 5.74) is 3.03. The number of methoxy groups -OCH3 is 1. The van der Waals surface area contributed by atoms with E-state index in [1.54, 1.807) is 19.2 Å². The molecule has 0 aliphatic carbocycles. The second-order valence-electron chi connectivity index (χ2n) is 7.52. The molecule has 6 nitrogen and oxygen atoms in total. The van der Waals surface area contributed by atoms with Crippen molar-refractivity contribution in [3.63, 3.8) is 0 Å². The molecule has 178 valence electrons. The van der Waals surface area contributed by atoms with Crippen molar-refractivity contribution >= 4 is 40.1 Å². The van der Waals surface area contributed by atoms with Gasteiger partial charge in [0.1, 0.15) is 16.9 Å². The van der Waals surface area contributed by atoms with Gasteiger partial charge in [-0.25, -0.2) is 14.2 Å². The van der Waals surface area contributed by atoms with E-state index in [4.69, 9.17) is 4.74 Å². The van der Waals surface area contributed by atoms with E-state index in [0.717, 1.165) is 39.0 Å². The highest BCUT2D eigenvalue weighted by Gasteiger charge is 2.25. The number of benzene rings is 2. The molecule has 1 heterocycles. The summed E-state index contributed by atoms with van der Waals surface area (Å²) in [6.07, 6.45) is 2.40. The number of thioether (sulfide) groups is 1. The Kier molecular flexibility index (Phi) is 8.95. The fourth-order valence-electron chi connectivity index (χ4n) is 3.54. The summed E-state index contributed by atoms with van der Waals surface area (Å²) < 4.78 is 18.9. The Morgan fingerprint density at radius 2 is 2.03 bits per heavy atom. The number of thiazole rings is 1. The van der Waals surface area contributed by atoms with Gasteiger partial charge >= 0.3 is 5.97 Å². The number of halogens is 1. The highest BCUT2D eigenvalue weighted by Crippen LogP contribution is 2.39. The Bertz CT molecular complexity index is 1180. The van der Waals surface area contributed by atoms with Crippen LogP contribution in [0, 0.1) is 5.82 Å². The fourth-order valence-corrected chi connectivity index (χ4v) is 5.16. The SMILES string of the molecule is CCC(=O)N[C@@H](Cc1ccc(-c2nccs2)c(SC(C)=O)c1Cc1cccc(F)c1)C(=O)OC. The third kappa shape index (κ3) is 6.51. The van der Waals surface area contributed by atoms with E-state index in [-0.39, 0.29) is 29.7 Å². The largest absolute Gasteiger partial charge is 0.467 e. The smallest absolute Gasteiger partial charge is 0.328 e. The van der Waals surface area contributed by atoms with E-state index in [0.29, 0.717) is 11.3 Å². The van der Waals surface area contributed by atoms with Crippen LogP contribution in [0.5, 0.6) is 0 Å². The van der Waals surface area contributed by atoms with Crippen LogP contribution in [0.15, 0.2) is 52.9 Å². The molecule has 0 fully saturated rings. The summed E-state index contributed by atoms with van der Waals surface area (Å²) >= 11 is 2.53. The predicted octanol–water partition coefficient (Wildman–Crippen LogP) is 4.79. The van der Waals surface area contributed by atoms with E-state index in [9.17, 15) is 18.8 Å². The molecule has 0 saturated carbocycles. The van der Waals surface area contributed by atoms with E-state index in [2.05, 4.69) is 10.3 Å². The van der Waals surface area contributed by atoms with Gasteiger partial charge in [0.25, 0.3) is 0 Å². The minimum Gasteiger partial charge on any atom is -0.467 e. The Morgan fingerprint density at radius 1 is 1.24 bits per heavy atom. The van der Waals surface area contributed by atoms with Gasteiger partial charge in [-0.2, -0.15) is 0 Å². The van der Waals surface area contributed by atoms with Gasteiger partial charge in [0.2, 0.25) is 5.91 Å². The standard InChI is InChI=1S/C25H25FN2O4S2/c1-4-22(30)28-21(25(31)32-3)14-17-8-9-19(24-27-10-11-33-24)23(34-15(2)29)20(17)13-16-6-5-7-18(26)12-16/h5-12,21H,4,13-14H2,1-3H3,(H,28,30)/t21-/m0/s1. The maximum absolute atomic E-state index is 14.0. The monoisotopic (exact) mass is 500 g/mol. The molecule has 0 saturated heterocycles. The highest BCUT2D eigenvalue weighted by atomic mass is 32.2. The molecule has 0 aliphatic heterocycles. The second-order valence-corrected chi connectivity index (χ2v) is 9.60. The zero-order valence-corrected chi connectivity index (χ0v) is 20.7. The number of hydrogen-bond acceptors (Lipinski definition) is 7. The molecule has 34 heavy (non-hydrogen) atoms. The Balaban J connectivity index is 2.16. The van der Waals surface area contributed by atoms with Crippen LogP contribution in [0.25, 0.3) is 10.6 Å². The number of nitrogens with zero attached hydrogens (tertiary/aromatic N) is 1. The van der Waals surface area contributed by atoms with Crippen molar-refractivity contribution in [2.24, 2.45) is 0 Å². The summed E-state index contributed by atoms with van der Waals surface area (Å²) in [5, 5.41) is 5.20. The lowest BCUT2D eigenvalue weighted by atomic mass is 9.93. The number of ether oxygens (including phenoxy) is 1. The molecule has 0 aliphatic rings. The van der Waals surface area contributed by atoms with Crippen molar-refractivity contribution in [3.05, 3.63) is 70.5 Å². The third-order valence-electron chi connectivity index (χ3n) is 5.10. The quantitative estimate of drug-likeness (QED) is 0.336. The Morgan fingerprint density at radius 3 is 2.65 bits per heavy atom. The molecule has 1 amide bonds. The van der Waals surface area contributed by atoms with Crippen molar-refractivity contribution < 1.29 is 23.5 Å². The molecule has 3 rings (SSSR count). The molecule has 1 aromatic heterocycles. The molecule has 0 bridgehead atoms. The predicted molar refractivity (Wildman–Crippen MR) is 131 cm³/mol. The van der Waals surface area contributed by atoms with Gasteiger partial charge in [-0.1, -0.05) is 43.0 Å². The molecular weight excluding hydrogens is 475 g/mol. The molecule has 1 atom stereocenters. The first-order chi connectivity index (χ1) is 16.3. The maximum atomic E-state index is 14.0. The first kappa shape index (κ1) is 25.6. The van der Waals surface area contributed by atoms with Gasteiger partial charge in [0.15, 0.2) is 5.12 Å². The number of nitrogens with one attached hydrogen (secondary N) is 1. The van der Waals surface area contributed by atoms with Gasteiger partial charge in [-0.05, 0) is 35.2 Å². The normalized spacial score (nSPS) is 11.6. The van der Waals surface area contributed by atoms with Crippen molar-refractivity contribution in [1.82, 2.24) is 10.3 Å². The van der Waals surface area contributed by atoms with Crippen LogP contribution < -0.4 is 5.32 Å². The summed E-state index contributed by atoms with van der Waals surface area (Å²) in [6, 6.07) is 9.08. The van der Waals surface area contributed by atoms with Crippen LogP contribution in [-0.4, -0.2) is 35.1 Å². The molecule has 1 N–H and O–H groups in total. The fraction of sp³-hybridized carbons (Fsp3) is 0.280. The van der Waals surface area contributed by atoms with Crippen molar-refractivity contribution in [1.29, 1.82) is 0 Å². The topological polar surface area (TPSA) is 85.4 Å². The summed E-state index contributed by atoms with van der Waals surface area (Å²) in [5.74, 6) is -1.21. The van der Waals surface area contributed by atoms with Gasteiger partial charge in [-0.3, -0.25) is 9.59 Å². The van der Waals surface area contributed by atoms with Gasteiger partial charge < -0.3 is 10.1 Å². The average molecular weight is 501 g/mol. The number of carbonyl (C=O) groups is 3. The summed E-state index contributed by atoms with van der Waals surface area (Å²) in [7, 11) is 1.27. The molecule has 2 aromatic carbocycles. The van der Waals surface area contributed by atoms with Crippen LogP contribution in [0.2, 0.25) is 0 Å². The minimum atomic E-state index is -0.899. The number of hydrogen-bond donors (Lipinski definition) is 1. The number of carbonyl (C=O) groups excluding carboxylic acids is 3. The zero-order valence-electron chi connectivity index (χ0n) is 19.1. The molecule has 3 aromatic rings. The van der Waals surface area contributed by atoms with Crippen LogP contribution >= 0.6 is 23.1 Å². The Hall–Kier alpha value is -3.04. The van der Waals surface area contributed by atoms with Crippen LogP contribution in [0.3, 0.4) is 0 Å². The van der Waals surface area contributed by atoms with Crippen LogP contribution in [-0.2, 0) is 32.0 Å². The van der Waals surface area contributed by atoms with Crippen molar-refractivity contribution in [2.75, 3.05) is 7.11 Å². The number of esters is 1. The summed E-state index contributed by atoms with van der Waals surface area (Å²) in [4.78, 5) is 41.8. The van der Waals surface area contributed by atoms with E-state index in [1.165, 1.54) is 37.5 Å². The first-order valence-electron chi connectivity index (χ1n) is 10.7. The zero-order chi connectivity index (χ0) is 24.7. The van der Waals surface area contributed by atoms with Crippen LogP contribution in [0.4, 0.5) is 4.39 Å². The lowest BCUT2D eigenvalue weighted by Gasteiger charge is -2.21. The molecular formula is C25H25FN2O4S2. The maximum Gasteiger partial charge on any atom is 0.328 e. The second kappa shape index (κ2) is 11.9. The number of aromatic nitrogens is 1. The summed E-state index contributed by atoms with van der Waals surface area (Å²) in [6.45, 7) is 3.18. The lowest BCUT2D eigenvalue weighted by molar-refractivity contribution is -0.145. The van der Waals surface area contributed by atoms with Crippen molar-refractivity contribution in [3.8, 4) is 10.6 Å². The van der Waals surface area contributed by atoms with Gasteiger partial charge in [0, 0.05) is 41.8 Å². The van der Waals surface area contributed by atoms with Crippen LogP contribution in [0.1, 0.15) is 37.0 Å². The number of rotatable bonds is 9. The molecule has 0 radical (unpaired) electrons. The number of amides is 1.